The smallest absolute Gasteiger partial charge is 0.323 e. The molecule has 2 aromatic carbocycles. The Hall–Kier alpha value is -4.71. The average Bonchev–Trinajstić information content (AvgIpc) is 3.73. The minimum Gasteiger partial charge on any atom is -0.481 e. The lowest BCUT2D eigenvalue weighted by Gasteiger charge is -2.22. The van der Waals surface area contributed by atoms with Crippen molar-refractivity contribution in [1.82, 2.24) is 25.9 Å². The van der Waals surface area contributed by atoms with Crippen LogP contribution in [0.3, 0.4) is 0 Å². The number of nitrogens with one attached hydrogen (secondary N) is 3. The summed E-state index contributed by atoms with van der Waals surface area (Å²) in [5.74, 6) is 0.533. The van der Waals surface area contributed by atoms with Gasteiger partial charge in [-0.15, -0.1) is 0 Å². The van der Waals surface area contributed by atoms with Crippen LogP contribution in [0.25, 0.3) is 22.4 Å². The molecule has 12 heteroatoms. The zero-order valence-electron chi connectivity index (χ0n) is 29.6. The van der Waals surface area contributed by atoms with Crippen LogP contribution in [0.5, 0.6) is 17.6 Å². The van der Waals surface area contributed by atoms with Crippen LogP contribution < -0.4 is 30.2 Å². The molecule has 0 unspecified atom stereocenters. The van der Waals surface area contributed by atoms with Crippen LogP contribution in [0.15, 0.2) is 54.6 Å². The summed E-state index contributed by atoms with van der Waals surface area (Å²) in [6.07, 6.45) is 2.76. The summed E-state index contributed by atoms with van der Waals surface area (Å²) >= 11 is 7.17. The maximum atomic E-state index is 11.6. The third kappa shape index (κ3) is 7.80. The molecule has 2 aliphatic rings. The van der Waals surface area contributed by atoms with Crippen LogP contribution >= 0.6 is 11.6 Å². The first kappa shape index (κ1) is 36.1. The Bertz CT molecular complexity index is 1950. The lowest BCUT2D eigenvalue weighted by Crippen LogP contribution is -2.46. The SMILES string of the molecule is COc1nc(-c2cccc(-c3cccc4c3CC[C@@H]4Oc3nc(OC)c(CNC(C)(C)C(=O)O)cc3C)c2Cl)ccc1CNC[C@@H]1CCC(=O)N1. The minimum atomic E-state index is -1.11. The molecule has 1 amide bonds. The highest BCUT2D eigenvalue weighted by atomic mass is 35.5. The van der Waals surface area contributed by atoms with E-state index in [1.165, 1.54) is 5.56 Å². The van der Waals surface area contributed by atoms with E-state index in [-0.39, 0.29) is 24.6 Å². The molecule has 51 heavy (non-hydrogen) atoms. The van der Waals surface area contributed by atoms with Gasteiger partial charge in [0.1, 0.15) is 11.6 Å². The number of carbonyl (C=O) groups excluding carboxylic acids is 1. The topological polar surface area (TPSA) is 144 Å². The number of halogens is 1. The molecule has 1 saturated heterocycles. The Kier molecular flexibility index (Phi) is 10.8. The maximum absolute atomic E-state index is 11.6. The van der Waals surface area contributed by atoms with Crippen LogP contribution in [0.2, 0.25) is 5.02 Å². The van der Waals surface area contributed by atoms with E-state index in [1.807, 2.05) is 49.4 Å². The molecule has 1 fully saturated rings. The first-order valence-corrected chi connectivity index (χ1v) is 17.5. The molecule has 0 saturated carbocycles. The number of methoxy groups -OCH3 is 2. The Morgan fingerprint density at radius 1 is 0.941 bits per heavy atom. The van der Waals surface area contributed by atoms with E-state index in [2.05, 4.69) is 33.1 Å². The van der Waals surface area contributed by atoms with Crippen molar-refractivity contribution in [2.75, 3.05) is 20.8 Å². The number of aliphatic carboxylic acids is 1. The molecule has 0 spiro atoms. The van der Waals surface area contributed by atoms with Crippen LogP contribution in [0, 0.1) is 6.92 Å². The number of carbonyl (C=O) groups is 2. The predicted molar refractivity (Wildman–Crippen MR) is 195 cm³/mol. The fourth-order valence-corrected chi connectivity index (χ4v) is 6.98. The number of pyridine rings is 2. The molecule has 1 aliphatic heterocycles. The number of rotatable bonds is 14. The summed E-state index contributed by atoms with van der Waals surface area (Å²) in [7, 11) is 3.15. The standard InChI is InChI=1S/C39H44ClN5O6/c1-22-18-24(20-42-39(2,3)38(47)48)37(50-5)45-35(22)51-32-16-14-27-26(8-6-9-28(27)32)29-10-7-11-30(34(29)40)31-15-12-23(36(44-31)49-4)19-41-21-25-13-17-33(46)43-25/h6-12,15,18,25,32,41-42H,13-14,16-17,19-21H2,1-5H3,(H,43,46)(H,47,48)/t25-,32-/m0/s1. The zero-order chi connectivity index (χ0) is 36.3. The first-order valence-electron chi connectivity index (χ1n) is 17.1. The summed E-state index contributed by atoms with van der Waals surface area (Å²) in [5.41, 5.74) is 7.10. The van der Waals surface area contributed by atoms with E-state index in [0.717, 1.165) is 58.2 Å². The molecular weight excluding hydrogens is 670 g/mol. The van der Waals surface area contributed by atoms with E-state index in [9.17, 15) is 14.7 Å². The number of carboxylic acids is 1. The van der Waals surface area contributed by atoms with E-state index < -0.39 is 11.5 Å². The second-order valence-electron chi connectivity index (χ2n) is 13.5. The third-order valence-corrected chi connectivity index (χ3v) is 10.0. The normalized spacial score (nSPS) is 16.9. The number of benzene rings is 2. The molecule has 2 atom stereocenters. The van der Waals surface area contributed by atoms with Crippen molar-refractivity contribution in [1.29, 1.82) is 0 Å². The first-order chi connectivity index (χ1) is 24.5. The van der Waals surface area contributed by atoms with Crippen molar-refractivity contribution in [2.45, 2.75) is 77.2 Å². The van der Waals surface area contributed by atoms with Crippen LogP contribution in [0.1, 0.15) is 67.0 Å². The van der Waals surface area contributed by atoms with E-state index in [1.54, 1.807) is 28.1 Å². The molecule has 268 valence electrons. The van der Waals surface area contributed by atoms with Gasteiger partial charge in [0.15, 0.2) is 0 Å². The summed E-state index contributed by atoms with van der Waals surface area (Å²) in [6.45, 7) is 6.67. The van der Waals surface area contributed by atoms with Gasteiger partial charge in [-0.05, 0) is 68.9 Å². The second-order valence-corrected chi connectivity index (χ2v) is 13.9. The molecule has 0 bridgehead atoms. The van der Waals surface area contributed by atoms with Gasteiger partial charge in [0.25, 0.3) is 0 Å². The summed E-state index contributed by atoms with van der Waals surface area (Å²) < 4.78 is 17.8. The van der Waals surface area contributed by atoms with Crippen LogP contribution in [-0.2, 0) is 29.1 Å². The summed E-state index contributed by atoms with van der Waals surface area (Å²) in [6, 6.07) is 18.2. The number of ether oxygens (including phenoxy) is 3. The van der Waals surface area contributed by atoms with Crippen molar-refractivity contribution in [2.24, 2.45) is 0 Å². The van der Waals surface area contributed by atoms with Gasteiger partial charge in [0, 0.05) is 59.9 Å². The highest BCUT2D eigenvalue weighted by molar-refractivity contribution is 6.36. The quantitative estimate of drug-likeness (QED) is 0.120. The molecule has 6 rings (SSSR count). The van der Waals surface area contributed by atoms with Crippen LogP contribution in [0.4, 0.5) is 0 Å². The lowest BCUT2D eigenvalue weighted by atomic mass is 9.94. The Labute approximate surface area is 303 Å². The van der Waals surface area contributed by atoms with Crippen molar-refractivity contribution in [3.63, 3.8) is 0 Å². The van der Waals surface area contributed by atoms with E-state index in [0.29, 0.717) is 47.9 Å². The molecule has 0 radical (unpaired) electrons. The third-order valence-electron chi connectivity index (χ3n) is 9.61. The number of aromatic nitrogens is 2. The number of hydrogen-bond acceptors (Lipinski definition) is 9. The summed E-state index contributed by atoms with van der Waals surface area (Å²) in [4.78, 5) is 32.6. The largest absolute Gasteiger partial charge is 0.481 e. The van der Waals surface area contributed by atoms with E-state index in [4.69, 9.17) is 30.8 Å². The number of carboxylic acid groups (broad SMARTS) is 1. The van der Waals surface area contributed by atoms with Gasteiger partial charge in [0.2, 0.25) is 23.5 Å². The molecule has 3 heterocycles. The molecule has 1 aliphatic carbocycles. The van der Waals surface area contributed by atoms with Crippen LogP contribution in [-0.4, -0.2) is 59.3 Å². The number of nitrogens with zero attached hydrogens (tertiary/aromatic N) is 2. The number of aryl methyl sites for hydroxylation is 1. The van der Waals surface area contributed by atoms with Gasteiger partial charge >= 0.3 is 5.97 Å². The Morgan fingerprint density at radius 2 is 1.67 bits per heavy atom. The average molecular weight is 714 g/mol. The number of amides is 1. The molecule has 4 aromatic rings. The van der Waals surface area contributed by atoms with Gasteiger partial charge in [-0.25, -0.2) is 4.98 Å². The van der Waals surface area contributed by atoms with E-state index >= 15 is 0 Å². The fourth-order valence-electron chi connectivity index (χ4n) is 6.66. The van der Waals surface area contributed by atoms with Gasteiger partial charge < -0.3 is 30.0 Å². The zero-order valence-corrected chi connectivity index (χ0v) is 30.3. The summed E-state index contributed by atoms with van der Waals surface area (Å²) in [5, 5.41) is 19.5. The highest BCUT2D eigenvalue weighted by Crippen LogP contribution is 2.44. The Balaban J connectivity index is 1.21. The van der Waals surface area contributed by atoms with Crippen molar-refractivity contribution >= 4 is 23.5 Å². The van der Waals surface area contributed by atoms with Crippen molar-refractivity contribution in [3.05, 3.63) is 87.4 Å². The molecular formula is C39H44ClN5O6. The lowest BCUT2D eigenvalue weighted by molar-refractivity contribution is -0.143. The maximum Gasteiger partial charge on any atom is 0.323 e. The van der Waals surface area contributed by atoms with Crippen molar-refractivity contribution < 1.29 is 28.9 Å². The van der Waals surface area contributed by atoms with Gasteiger partial charge in [-0.1, -0.05) is 54.1 Å². The number of fused-ring (bicyclic) bond motifs is 1. The molecule has 11 nitrogen and oxygen atoms in total. The monoisotopic (exact) mass is 713 g/mol. The van der Waals surface area contributed by atoms with Gasteiger partial charge in [-0.2, -0.15) is 4.98 Å². The highest BCUT2D eigenvalue weighted by Gasteiger charge is 2.30. The van der Waals surface area contributed by atoms with Gasteiger partial charge in [-0.3, -0.25) is 14.9 Å². The fraction of sp³-hybridized carbons (Fsp3) is 0.385. The predicted octanol–water partition coefficient (Wildman–Crippen LogP) is 6.18. The minimum absolute atomic E-state index is 0.101. The number of hydrogen-bond donors (Lipinski definition) is 4. The molecule has 2 aromatic heterocycles. The van der Waals surface area contributed by atoms with Crippen molar-refractivity contribution in [3.8, 4) is 40.0 Å². The molecule has 4 N–H and O–H groups in total. The van der Waals surface area contributed by atoms with Gasteiger partial charge in [0.05, 0.1) is 24.9 Å². The Morgan fingerprint density at radius 3 is 2.39 bits per heavy atom. The second kappa shape index (κ2) is 15.3.